The van der Waals surface area contributed by atoms with Gasteiger partial charge in [0.05, 0.1) is 25.4 Å². The Morgan fingerprint density at radius 3 is 2.70 bits per heavy atom. The number of hydrazone groups is 1. The number of aryl methyl sites for hydroxylation is 1. The van der Waals surface area contributed by atoms with Crippen molar-refractivity contribution in [2.75, 3.05) is 20.2 Å². The molecule has 6 nitrogen and oxygen atoms in total. The summed E-state index contributed by atoms with van der Waals surface area (Å²) >= 11 is 3.73. The van der Waals surface area contributed by atoms with Crippen LogP contribution in [0.3, 0.4) is 0 Å². The molecule has 1 unspecified atom stereocenters. The second-order valence-corrected chi connectivity index (χ2v) is 9.76. The van der Waals surface area contributed by atoms with Gasteiger partial charge in [0.25, 0.3) is 0 Å². The first-order chi connectivity index (χ1) is 14.6. The molecule has 0 N–H and O–H groups in total. The first-order valence-corrected chi connectivity index (χ1v) is 11.9. The first kappa shape index (κ1) is 21.3. The maximum atomic E-state index is 13.0. The molecule has 1 aromatic carbocycles. The molecule has 1 aromatic rings. The van der Waals surface area contributed by atoms with E-state index in [1.807, 2.05) is 29.2 Å². The fourth-order valence-electron chi connectivity index (χ4n) is 4.90. The monoisotopic (exact) mass is 475 g/mol. The van der Waals surface area contributed by atoms with Crippen LogP contribution in [0.2, 0.25) is 0 Å². The smallest absolute Gasteiger partial charge is 0.243 e. The fraction of sp³-hybridized carbons (Fsp3) is 0.609. The number of ether oxygens (including phenoxy) is 1. The van der Waals surface area contributed by atoms with Crippen LogP contribution >= 0.6 is 15.9 Å². The zero-order valence-corrected chi connectivity index (χ0v) is 19.1. The van der Waals surface area contributed by atoms with Gasteiger partial charge in [0, 0.05) is 30.1 Å². The van der Waals surface area contributed by atoms with Gasteiger partial charge in [0.1, 0.15) is 5.75 Å². The second kappa shape index (κ2) is 9.50. The van der Waals surface area contributed by atoms with Gasteiger partial charge in [0.2, 0.25) is 11.8 Å². The number of methoxy groups -OCH3 is 1. The van der Waals surface area contributed by atoms with Gasteiger partial charge in [-0.15, -0.1) is 0 Å². The van der Waals surface area contributed by atoms with Crippen molar-refractivity contribution in [1.82, 2.24) is 9.91 Å². The Morgan fingerprint density at radius 2 is 2.00 bits per heavy atom. The molecule has 1 atom stereocenters. The van der Waals surface area contributed by atoms with Crippen LogP contribution in [0.25, 0.3) is 0 Å². The van der Waals surface area contributed by atoms with E-state index in [1.54, 1.807) is 12.1 Å². The molecule has 0 bridgehead atoms. The van der Waals surface area contributed by atoms with Crippen molar-refractivity contribution < 1.29 is 14.3 Å². The predicted molar refractivity (Wildman–Crippen MR) is 120 cm³/mol. The van der Waals surface area contributed by atoms with Gasteiger partial charge in [0.15, 0.2) is 0 Å². The summed E-state index contributed by atoms with van der Waals surface area (Å²) in [5, 5.41) is 6.44. The number of nitrogens with zero attached hydrogens (tertiary/aromatic N) is 3. The molecule has 7 heteroatoms. The minimum atomic E-state index is -0.0490. The lowest BCUT2D eigenvalue weighted by atomic mass is 9.83. The number of rotatable bonds is 6. The van der Waals surface area contributed by atoms with Crippen molar-refractivity contribution in [3.63, 3.8) is 0 Å². The summed E-state index contributed by atoms with van der Waals surface area (Å²) in [6.45, 7) is 1.28. The lowest BCUT2D eigenvalue weighted by Crippen LogP contribution is -2.46. The summed E-state index contributed by atoms with van der Waals surface area (Å²) in [7, 11) is 1.65. The van der Waals surface area contributed by atoms with Crippen LogP contribution in [0.15, 0.2) is 29.4 Å². The van der Waals surface area contributed by atoms with E-state index in [0.717, 1.165) is 55.7 Å². The second-order valence-electron chi connectivity index (χ2n) is 8.47. The number of benzene rings is 1. The molecule has 2 fully saturated rings. The van der Waals surface area contributed by atoms with Crippen molar-refractivity contribution in [3.8, 4) is 5.75 Å². The lowest BCUT2D eigenvalue weighted by molar-refractivity contribution is -0.133. The molecule has 3 aliphatic rings. The average Bonchev–Trinajstić information content (AvgIpc) is 3.39. The minimum absolute atomic E-state index is 0.0155. The molecule has 1 saturated carbocycles. The van der Waals surface area contributed by atoms with E-state index in [1.165, 1.54) is 0 Å². The van der Waals surface area contributed by atoms with Crippen molar-refractivity contribution in [3.05, 3.63) is 29.8 Å². The number of para-hydroxylation sites is 1. The number of hydrogen-bond donors (Lipinski definition) is 0. The molecular formula is C23H30BrN3O3. The maximum absolute atomic E-state index is 13.0. The molecule has 1 saturated heterocycles. The normalized spacial score (nSPS) is 26.8. The lowest BCUT2D eigenvalue weighted by Gasteiger charge is -2.31. The highest BCUT2D eigenvalue weighted by Crippen LogP contribution is 2.34. The van der Waals surface area contributed by atoms with Gasteiger partial charge in [-0.2, -0.15) is 5.10 Å². The van der Waals surface area contributed by atoms with Gasteiger partial charge in [-0.3, -0.25) is 9.59 Å². The van der Waals surface area contributed by atoms with E-state index >= 15 is 0 Å². The van der Waals surface area contributed by atoms with E-state index in [0.29, 0.717) is 36.6 Å². The summed E-state index contributed by atoms with van der Waals surface area (Å²) < 4.78 is 5.40. The van der Waals surface area contributed by atoms with Crippen LogP contribution in [-0.2, 0) is 16.0 Å². The van der Waals surface area contributed by atoms with Crippen LogP contribution in [0.4, 0.5) is 0 Å². The SMILES string of the molecule is COc1ccccc1CCC(=O)N1CC(N2CCCC2=O)C(C2CCC(Br)CC2)=N1. The average molecular weight is 476 g/mol. The molecular weight excluding hydrogens is 446 g/mol. The fourth-order valence-corrected chi connectivity index (χ4v) is 5.43. The number of likely N-dealkylation sites (tertiary alicyclic amines) is 1. The third kappa shape index (κ3) is 4.56. The van der Waals surface area contributed by atoms with Crippen molar-refractivity contribution in [2.45, 2.75) is 62.2 Å². The summed E-state index contributed by atoms with van der Waals surface area (Å²) in [5.74, 6) is 1.39. The number of amides is 2. The Kier molecular flexibility index (Phi) is 6.76. The molecule has 0 spiro atoms. The van der Waals surface area contributed by atoms with E-state index in [4.69, 9.17) is 9.84 Å². The highest BCUT2D eigenvalue weighted by molar-refractivity contribution is 9.09. The summed E-state index contributed by atoms with van der Waals surface area (Å²) in [6.07, 6.45) is 6.88. The Balaban J connectivity index is 1.47. The molecule has 162 valence electrons. The number of carbonyl (C=O) groups is 2. The number of alkyl halides is 1. The number of halogens is 1. The van der Waals surface area contributed by atoms with Gasteiger partial charge in [-0.05, 0) is 50.2 Å². The highest BCUT2D eigenvalue weighted by atomic mass is 79.9. The highest BCUT2D eigenvalue weighted by Gasteiger charge is 2.41. The predicted octanol–water partition coefficient (Wildman–Crippen LogP) is 3.77. The standard InChI is InChI=1S/C23H30BrN3O3/c1-30-20-6-3-2-5-16(20)10-13-22(29)27-15-19(26-14-4-7-21(26)28)23(25-27)17-8-11-18(24)12-9-17/h2-3,5-6,17-19H,4,7-15H2,1H3. The summed E-state index contributed by atoms with van der Waals surface area (Å²) in [5.41, 5.74) is 2.08. The van der Waals surface area contributed by atoms with E-state index < -0.39 is 0 Å². The first-order valence-electron chi connectivity index (χ1n) is 11.0. The number of carbonyl (C=O) groups excluding carboxylic acids is 2. The molecule has 2 amide bonds. The number of hydrogen-bond acceptors (Lipinski definition) is 4. The van der Waals surface area contributed by atoms with Crippen LogP contribution in [0.1, 0.15) is 50.5 Å². The van der Waals surface area contributed by atoms with E-state index in [2.05, 4.69) is 15.9 Å². The van der Waals surface area contributed by atoms with Crippen LogP contribution in [0, 0.1) is 5.92 Å². The van der Waals surface area contributed by atoms with Crippen molar-refractivity contribution >= 4 is 33.5 Å². The zero-order chi connectivity index (χ0) is 21.1. The molecule has 30 heavy (non-hydrogen) atoms. The summed E-state index contributed by atoms with van der Waals surface area (Å²) in [6, 6.07) is 7.76. The molecule has 4 rings (SSSR count). The quantitative estimate of drug-likeness (QED) is 0.588. The van der Waals surface area contributed by atoms with Crippen LogP contribution in [-0.4, -0.2) is 58.5 Å². The Morgan fingerprint density at radius 1 is 1.23 bits per heavy atom. The minimum Gasteiger partial charge on any atom is -0.496 e. The topological polar surface area (TPSA) is 62.2 Å². The zero-order valence-electron chi connectivity index (χ0n) is 17.6. The molecule has 2 aliphatic heterocycles. The molecule has 1 aliphatic carbocycles. The third-order valence-corrected chi connectivity index (χ3v) is 7.49. The van der Waals surface area contributed by atoms with Crippen molar-refractivity contribution in [1.29, 1.82) is 0 Å². The Bertz CT molecular complexity index is 820. The van der Waals surface area contributed by atoms with Gasteiger partial charge < -0.3 is 9.64 Å². The van der Waals surface area contributed by atoms with Gasteiger partial charge in [-0.1, -0.05) is 34.1 Å². The molecule has 0 aromatic heterocycles. The molecule has 2 heterocycles. The van der Waals surface area contributed by atoms with Crippen molar-refractivity contribution in [2.24, 2.45) is 11.0 Å². The summed E-state index contributed by atoms with van der Waals surface area (Å²) in [4.78, 5) is 28.0. The van der Waals surface area contributed by atoms with E-state index in [9.17, 15) is 9.59 Å². The Hall–Kier alpha value is -1.89. The third-order valence-electron chi connectivity index (χ3n) is 6.57. The van der Waals surface area contributed by atoms with E-state index in [-0.39, 0.29) is 17.9 Å². The largest absolute Gasteiger partial charge is 0.496 e. The maximum Gasteiger partial charge on any atom is 0.243 e. The van der Waals surface area contributed by atoms with Gasteiger partial charge in [-0.25, -0.2) is 5.01 Å². The van der Waals surface area contributed by atoms with Crippen LogP contribution in [0.5, 0.6) is 5.75 Å². The van der Waals surface area contributed by atoms with Gasteiger partial charge >= 0.3 is 0 Å². The molecule has 0 radical (unpaired) electrons. The Labute approximate surface area is 186 Å². The van der Waals surface area contributed by atoms with Crippen LogP contribution < -0.4 is 4.74 Å².